The van der Waals surface area contributed by atoms with Gasteiger partial charge in [0.25, 0.3) is 0 Å². The quantitative estimate of drug-likeness (QED) is 0.791. The average Bonchev–Trinajstić information content (AvgIpc) is 2.35. The smallest absolute Gasteiger partial charge is 0.123 e. The summed E-state index contributed by atoms with van der Waals surface area (Å²) >= 11 is 0. The minimum Gasteiger partial charge on any atom is -0.496 e. The minimum atomic E-state index is 0.687. The van der Waals surface area contributed by atoms with Crippen molar-refractivity contribution in [3.05, 3.63) is 28.8 Å². The lowest BCUT2D eigenvalue weighted by atomic mass is 9.90. The molecule has 0 amide bonds. The lowest BCUT2D eigenvalue weighted by Crippen LogP contribution is -2.13. The summed E-state index contributed by atoms with van der Waals surface area (Å²) in [7, 11) is 3.35. The summed E-state index contributed by atoms with van der Waals surface area (Å²) in [6.07, 6.45) is 4.98. The number of hydrogen-bond donors (Lipinski definition) is 1. The van der Waals surface area contributed by atoms with Crippen LogP contribution in [-0.4, -0.2) is 14.2 Å². The summed E-state index contributed by atoms with van der Waals surface area (Å²) in [5.74, 6) is 0.963. The Kier molecular flexibility index (Phi) is 3.80. The Balaban J connectivity index is 2.28. The Hall–Kier alpha value is -1.06. The first-order chi connectivity index (χ1) is 7.85. The molecule has 1 aliphatic carbocycles. The van der Waals surface area contributed by atoms with Gasteiger partial charge >= 0.3 is 0 Å². The van der Waals surface area contributed by atoms with Crippen molar-refractivity contribution >= 4 is 0 Å². The molecular weight excluding hydrogens is 202 g/mol. The van der Waals surface area contributed by atoms with Crippen molar-refractivity contribution in [2.45, 2.75) is 32.2 Å². The molecule has 0 atom stereocenters. The molecule has 1 aromatic rings. The number of fused-ring (bicyclic) bond motifs is 1. The molecule has 16 heavy (non-hydrogen) atoms. The molecule has 0 spiro atoms. The van der Waals surface area contributed by atoms with E-state index in [0.717, 1.165) is 5.75 Å². The van der Waals surface area contributed by atoms with Crippen LogP contribution in [0.3, 0.4) is 0 Å². The highest BCUT2D eigenvalue weighted by molar-refractivity contribution is 5.43. The van der Waals surface area contributed by atoms with Gasteiger partial charge in [0.2, 0.25) is 0 Å². The summed E-state index contributed by atoms with van der Waals surface area (Å²) in [5.41, 5.74) is 6.96. The average molecular weight is 221 g/mol. The molecule has 0 bridgehead atoms. The molecule has 1 N–H and O–H groups in total. The van der Waals surface area contributed by atoms with E-state index < -0.39 is 0 Å². The van der Waals surface area contributed by atoms with Gasteiger partial charge in [0.15, 0.2) is 0 Å². The predicted molar refractivity (Wildman–Crippen MR) is 63.5 cm³/mol. The van der Waals surface area contributed by atoms with Crippen LogP contribution in [0.15, 0.2) is 12.1 Å². The summed E-state index contributed by atoms with van der Waals surface area (Å²) in [4.78, 5) is 4.88. The zero-order valence-electron chi connectivity index (χ0n) is 10.0. The van der Waals surface area contributed by atoms with Gasteiger partial charge in [-0.05, 0) is 42.9 Å². The maximum Gasteiger partial charge on any atom is 0.123 e. The van der Waals surface area contributed by atoms with Crippen LogP contribution in [-0.2, 0) is 24.2 Å². The number of rotatable bonds is 4. The maximum atomic E-state index is 5.41. The van der Waals surface area contributed by atoms with Gasteiger partial charge < -0.3 is 9.57 Å². The Morgan fingerprint density at radius 2 is 1.81 bits per heavy atom. The van der Waals surface area contributed by atoms with Crippen LogP contribution in [0.25, 0.3) is 0 Å². The first kappa shape index (κ1) is 11.4. The van der Waals surface area contributed by atoms with Crippen LogP contribution in [0.1, 0.15) is 29.5 Å². The van der Waals surface area contributed by atoms with Gasteiger partial charge in [-0.2, -0.15) is 5.48 Å². The van der Waals surface area contributed by atoms with Crippen molar-refractivity contribution < 1.29 is 9.57 Å². The Labute approximate surface area is 96.7 Å². The molecule has 88 valence electrons. The van der Waals surface area contributed by atoms with E-state index in [9.17, 15) is 0 Å². The van der Waals surface area contributed by atoms with E-state index in [2.05, 4.69) is 17.6 Å². The molecule has 0 heterocycles. The molecule has 2 rings (SSSR count). The molecule has 1 aliphatic rings. The van der Waals surface area contributed by atoms with Crippen molar-refractivity contribution in [1.29, 1.82) is 0 Å². The molecule has 1 aromatic carbocycles. The molecule has 0 fully saturated rings. The minimum absolute atomic E-state index is 0.687. The molecular formula is C13H19NO2. The largest absolute Gasteiger partial charge is 0.496 e. The number of aryl methyl sites for hydroxylation is 2. The van der Waals surface area contributed by atoms with E-state index in [-0.39, 0.29) is 0 Å². The van der Waals surface area contributed by atoms with Crippen molar-refractivity contribution in [1.82, 2.24) is 5.48 Å². The lowest BCUT2D eigenvalue weighted by Gasteiger charge is -2.19. The lowest BCUT2D eigenvalue weighted by molar-refractivity contribution is 0.0861. The van der Waals surface area contributed by atoms with Crippen molar-refractivity contribution in [2.75, 3.05) is 14.2 Å². The normalized spacial score (nSPS) is 14.6. The van der Waals surface area contributed by atoms with Gasteiger partial charge in [-0.3, -0.25) is 0 Å². The van der Waals surface area contributed by atoms with E-state index in [1.807, 2.05) is 0 Å². The fourth-order valence-electron chi connectivity index (χ4n) is 2.29. The third-order valence-corrected chi connectivity index (χ3v) is 3.15. The Bertz CT molecular complexity index is 363. The van der Waals surface area contributed by atoms with Gasteiger partial charge in [-0.15, -0.1) is 0 Å². The zero-order chi connectivity index (χ0) is 11.4. The molecule has 0 saturated heterocycles. The monoisotopic (exact) mass is 221 g/mol. The van der Waals surface area contributed by atoms with E-state index in [1.54, 1.807) is 14.2 Å². The second-order valence-corrected chi connectivity index (χ2v) is 4.17. The van der Waals surface area contributed by atoms with Gasteiger partial charge in [-0.25, -0.2) is 0 Å². The fourth-order valence-corrected chi connectivity index (χ4v) is 2.29. The zero-order valence-corrected chi connectivity index (χ0v) is 10.0. The van der Waals surface area contributed by atoms with Gasteiger partial charge in [0.1, 0.15) is 5.75 Å². The Morgan fingerprint density at radius 3 is 2.44 bits per heavy atom. The topological polar surface area (TPSA) is 30.5 Å². The summed E-state index contributed by atoms with van der Waals surface area (Å²) in [5, 5.41) is 0. The van der Waals surface area contributed by atoms with Crippen molar-refractivity contribution in [2.24, 2.45) is 0 Å². The van der Waals surface area contributed by atoms with Gasteiger partial charge in [0, 0.05) is 12.1 Å². The third kappa shape index (κ3) is 2.36. The first-order valence-corrected chi connectivity index (χ1v) is 5.79. The van der Waals surface area contributed by atoms with Gasteiger partial charge in [-0.1, -0.05) is 6.07 Å². The second kappa shape index (κ2) is 5.32. The number of hydrogen-bond acceptors (Lipinski definition) is 3. The molecule has 0 aliphatic heterocycles. The SMILES string of the molecule is CONCc1cc2c(cc1OC)CCCC2. The van der Waals surface area contributed by atoms with Crippen LogP contribution in [0.4, 0.5) is 0 Å². The summed E-state index contributed by atoms with van der Waals surface area (Å²) in [6, 6.07) is 4.43. The highest BCUT2D eigenvalue weighted by Crippen LogP contribution is 2.29. The molecule has 0 unspecified atom stereocenters. The van der Waals surface area contributed by atoms with Gasteiger partial charge in [0.05, 0.1) is 14.2 Å². The number of nitrogens with one attached hydrogen (secondary N) is 1. The van der Waals surface area contributed by atoms with Crippen LogP contribution >= 0.6 is 0 Å². The predicted octanol–water partition coefficient (Wildman–Crippen LogP) is 2.22. The summed E-state index contributed by atoms with van der Waals surface area (Å²) < 4.78 is 5.41. The fraction of sp³-hybridized carbons (Fsp3) is 0.538. The molecule has 0 aromatic heterocycles. The molecule has 0 radical (unpaired) electrons. The van der Waals surface area contributed by atoms with Crippen molar-refractivity contribution in [3.8, 4) is 5.75 Å². The highest BCUT2D eigenvalue weighted by atomic mass is 16.6. The number of hydroxylamine groups is 1. The van der Waals surface area contributed by atoms with Crippen molar-refractivity contribution in [3.63, 3.8) is 0 Å². The van der Waals surface area contributed by atoms with E-state index in [4.69, 9.17) is 9.57 Å². The van der Waals surface area contributed by atoms with E-state index in [0.29, 0.717) is 6.54 Å². The highest BCUT2D eigenvalue weighted by Gasteiger charge is 2.13. The number of benzene rings is 1. The summed E-state index contributed by atoms with van der Waals surface area (Å²) in [6.45, 7) is 0.687. The first-order valence-electron chi connectivity index (χ1n) is 5.79. The third-order valence-electron chi connectivity index (χ3n) is 3.15. The molecule has 0 saturated carbocycles. The molecule has 3 heteroatoms. The van der Waals surface area contributed by atoms with E-state index >= 15 is 0 Å². The standard InChI is InChI=1S/C13H19NO2/c1-15-13-8-11-6-4-3-5-10(11)7-12(13)9-14-16-2/h7-8,14H,3-6,9H2,1-2H3. The Morgan fingerprint density at radius 1 is 1.12 bits per heavy atom. The molecule has 3 nitrogen and oxygen atoms in total. The van der Waals surface area contributed by atoms with Crippen LogP contribution < -0.4 is 10.2 Å². The van der Waals surface area contributed by atoms with E-state index in [1.165, 1.54) is 42.4 Å². The van der Waals surface area contributed by atoms with Crippen LogP contribution in [0, 0.1) is 0 Å². The van der Waals surface area contributed by atoms with Crippen LogP contribution in [0.2, 0.25) is 0 Å². The second-order valence-electron chi connectivity index (χ2n) is 4.17. The maximum absolute atomic E-state index is 5.41. The van der Waals surface area contributed by atoms with Crippen LogP contribution in [0.5, 0.6) is 5.75 Å². The number of methoxy groups -OCH3 is 1. The number of ether oxygens (including phenoxy) is 1.